The lowest BCUT2D eigenvalue weighted by atomic mass is 10.0. The Hall–Kier alpha value is -2.03. The van der Waals surface area contributed by atoms with E-state index in [2.05, 4.69) is 61.7 Å². The highest BCUT2D eigenvalue weighted by Gasteiger charge is 2.23. The summed E-state index contributed by atoms with van der Waals surface area (Å²) in [5.74, 6) is -0.567. The molecule has 0 aliphatic rings. The minimum atomic E-state index is -4.43. The second kappa shape index (κ2) is 47.4. The van der Waals surface area contributed by atoms with E-state index in [1.165, 1.54) is 154 Å². The van der Waals surface area contributed by atoms with Crippen molar-refractivity contribution in [3.63, 3.8) is 0 Å². The molecular weight excluding hydrogens is 786 g/mol. The van der Waals surface area contributed by atoms with E-state index in [0.717, 1.165) is 44.9 Å². The van der Waals surface area contributed by atoms with E-state index >= 15 is 0 Å². The maximum atomic E-state index is 12.1. The van der Waals surface area contributed by atoms with Crippen LogP contribution in [-0.4, -0.2) is 54.3 Å². The highest BCUT2D eigenvalue weighted by molar-refractivity contribution is 7.47. The molecule has 0 bridgehead atoms. The maximum absolute atomic E-state index is 12.1. The monoisotopic (exact) mass is 880 g/mol. The van der Waals surface area contributed by atoms with Crippen LogP contribution < -0.4 is 5.32 Å². The summed E-state index contributed by atoms with van der Waals surface area (Å²) in [5, 5.41) is 12.7. The highest BCUT2D eigenvalue weighted by atomic mass is 31.2. The molecule has 0 aliphatic carbocycles. The number of ether oxygens (including phenoxy) is 1. The van der Waals surface area contributed by atoms with Crippen molar-refractivity contribution in [2.75, 3.05) is 26.4 Å². The van der Waals surface area contributed by atoms with Crippen LogP contribution >= 0.6 is 7.82 Å². The zero-order valence-electron chi connectivity index (χ0n) is 39.4. The van der Waals surface area contributed by atoms with Gasteiger partial charge in [-0.1, -0.05) is 217 Å². The van der Waals surface area contributed by atoms with Crippen molar-refractivity contribution in [2.45, 2.75) is 238 Å². The number of allylic oxidation sites excluding steroid dienone is 8. The minimum absolute atomic E-state index is 0.0767. The van der Waals surface area contributed by atoms with Crippen LogP contribution in [0.2, 0.25) is 0 Å². The van der Waals surface area contributed by atoms with Gasteiger partial charge in [0.25, 0.3) is 0 Å². The Morgan fingerprint density at radius 3 is 1.36 bits per heavy atom. The second-order valence-electron chi connectivity index (χ2n) is 16.8. The zero-order valence-corrected chi connectivity index (χ0v) is 40.3. The van der Waals surface area contributed by atoms with Gasteiger partial charge in [0.15, 0.2) is 0 Å². The number of aliphatic hydroxyl groups excluding tert-OH is 1. The number of rotatable bonds is 47. The molecule has 0 aliphatic heterocycles. The molecule has 2 unspecified atom stereocenters. The Labute approximate surface area is 375 Å². The van der Waals surface area contributed by atoms with E-state index in [1.807, 2.05) is 6.08 Å². The number of unbranched alkanes of at least 4 members (excludes halogenated alkanes) is 26. The Kier molecular flexibility index (Phi) is 45.9. The van der Waals surface area contributed by atoms with Gasteiger partial charge in [-0.05, 0) is 51.4 Å². The number of phosphoric acid groups is 1. The average Bonchev–Trinajstić information content (AvgIpc) is 3.25. The predicted molar refractivity (Wildman–Crippen MR) is 257 cm³/mol. The molecule has 0 saturated heterocycles. The Morgan fingerprint density at radius 1 is 0.508 bits per heavy atom. The molecule has 0 aromatic rings. The number of hydrogen-bond acceptors (Lipinski definition) is 7. The third-order valence-corrected chi connectivity index (χ3v) is 11.7. The van der Waals surface area contributed by atoms with Gasteiger partial charge < -0.3 is 20.1 Å². The van der Waals surface area contributed by atoms with Crippen molar-refractivity contribution in [1.29, 1.82) is 0 Å². The van der Waals surface area contributed by atoms with Crippen LogP contribution in [0.1, 0.15) is 232 Å². The van der Waals surface area contributed by atoms with Crippen molar-refractivity contribution >= 4 is 19.7 Å². The van der Waals surface area contributed by atoms with E-state index in [4.69, 9.17) is 13.8 Å². The van der Waals surface area contributed by atoms with Gasteiger partial charge in [0.1, 0.15) is 12.7 Å². The molecule has 10 heteroatoms. The van der Waals surface area contributed by atoms with Gasteiger partial charge >= 0.3 is 13.8 Å². The van der Waals surface area contributed by atoms with E-state index in [-0.39, 0.29) is 32.1 Å². The number of hydrogen-bond donors (Lipinski definition) is 3. The molecule has 356 valence electrons. The van der Waals surface area contributed by atoms with Gasteiger partial charge in [-0.15, -0.1) is 0 Å². The Bertz CT molecular complexity index is 1140. The summed E-state index contributed by atoms with van der Waals surface area (Å²) in [7, 11) is -4.43. The van der Waals surface area contributed by atoms with Gasteiger partial charge in [0, 0.05) is 19.4 Å². The minimum Gasteiger partial charge on any atom is -0.463 e. The van der Waals surface area contributed by atoms with Gasteiger partial charge in [-0.2, -0.15) is 0 Å². The molecule has 0 spiro atoms. The van der Waals surface area contributed by atoms with E-state index < -0.39 is 26.5 Å². The van der Waals surface area contributed by atoms with Crippen LogP contribution in [0.5, 0.6) is 0 Å². The van der Waals surface area contributed by atoms with Crippen molar-refractivity contribution in [2.24, 2.45) is 0 Å². The van der Waals surface area contributed by atoms with Crippen molar-refractivity contribution in [3.05, 3.63) is 48.6 Å². The first kappa shape index (κ1) is 59.0. The van der Waals surface area contributed by atoms with Crippen LogP contribution in [-0.2, 0) is 27.9 Å². The lowest BCUT2D eigenvalue weighted by Gasteiger charge is -2.15. The van der Waals surface area contributed by atoms with Crippen LogP contribution in [0, 0.1) is 0 Å². The standard InChI is InChI=1S/C51H94NO8P/c1-3-5-7-9-11-13-15-17-19-21-22-23-24-25-26-28-29-31-33-35-37-39-41-43-50(54)52-45-46-59-61(56,57)60-48-49(53)47-58-51(55)44-42-40-38-36-34-32-30-27-20-18-16-14-12-10-8-6-4-2/h12,14,18,20,30,32,36,38,49,53H,3-11,13,15-17,19,21-29,31,33-35,37,39-48H2,1-2H3,(H,52,54)(H,56,57)/b14-12-,20-18-,32-30-,38-36-. The van der Waals surface area contributed by atoms with E-state index in [9.17, 15) is 24.2 Å². The third kappa shape index (κ3) is 48.9. The Balaban J connectivity index is 3.59. The molecule has 0 heterocycles. The Morgan fingerprint density at radius 2 is 0.902 bits per heavy atom. The summed E-state index contributed by atoms with van der Waals surface area (Å²) in [6, 6.07) is 0. The summed E-state index contributed by atoms with van der Waals surface area (Å²) in [6.45, 7) is 3.49. The fraction of sp³-hybridized carbons (Fsp3) is 0.804. The summed E-state index contributed by atoms with van der Waals surface area (Å²) in [4.78, 5) is 34.0. The van der Waals surface area contributed by atoms with Crippen molar-refractivity contribution in [1.82, 2.24) is 5.32 Å². The molecule has 3 N–H and O–H groups in total. The molecule has 0 radical (unpaired) electrons. The fourth-order valence-electron chi connectivity index (χ4n) is 6.96. The van der Waals surface area contributed by atoms with Crippen LogP contribution in [0.15, 0.2) is 48.6 Å². The topological polar surface area (TPSA) is 131 Å². The van der Waals surface area contributed by atoms with E-state index in [0.29, 0.717) is 12.8 Å². The fourth-order valence-corrected chi connectivity index (χ4v) is 7.72. The second-order valence-corrected chi connectivity index (χ2v) is 18.2. The molecule has 0 aromatic carbocycles. The van der Waals surface area contributed by atoms with Gasteiger partial charge in [-0.25, -0.2) is 4.57 Å². The first-order valence-electron chi connectivity index (χ1n) is 25.1. The third-order valence-electron chi connectivity index (χ3n) is 10.8. The number of esters is 1. The maximum Gasteiger partial charge on any atom is 0.472 e. The number of carbonyl (C=O) groups is 2. The van der Waals surface area contributed by atoms with Crippen LogP contribution in [0.25, 0.3) is 0 Å². The number of carbonyl (C=O) groups excluding carboxylic acids is 2. The molecule has 1 amide bonds. The summed E-state index contributed by atoms with van der Waals surface area (Å²) >= 11 is 0. The molecule has 0 aromatic heterocycles. The van der Waals surface area contributed by atoms with E-state index in [1.54, 1.807) is 0 Å². The van der Waals surface area contributed by atoms with Crippen LogP contribution in [0.4, 0.5) is 0 Å². The highest BCUT2D eigenvalue weighted by Crippen LogP contribution is 2.42. The largest absolute Gasteiger partial charge is 0.472 e. The van der Waals surface area contributed by atoms with Gasteiger partial charge in [-0.3, -0.25) is 18.6 Å². The molecule has 0 saturated carbocycles. The molecule has 0 fully saturated rings. The quantitative estimate of drug-likeness (QED) is 0.0238. The SMILES string of the molecule is CCCCC/C=C\C/C=C\C/C=C\C/C=C\CCCC(=O)OCC(O)COP(=O)(O)OCCNC(=O)CCCCCCCCCCCCCCCCCCCCCCCCC. The van der Waals surface area contributed by atoms with Crippen LogP contribution in [0.3, 0.4) is 0 Å². The first-order valence-corrected chi connectivity index (χ1v) is 26.6. The zero-order chi connectivity index (χ0) is 44.6. The van der Waals surface area contributed by atoms with Crippen molar-refractivity contribution in [3.8, 4) is 0 Å². The molecular formula is C51H94NO8P. The summed E-state index contributed by atoms with van der Waals surface area (Å²) in [6.07, 6.45) is 56.3. The lowest BCUT2D eigenvalue weighted by Crippen LogP contribution is -2.27. The number of phosphoric ester groups is 1. The summed E-state index contributed by atoms with van der Waals surface area (Å²) < 4.78 is 26.9. The molecule has 0 rings (SSSR count). The lowest BCUT2D eigenvalue weighted by molar-refractivity contribution is -0.147. The van der Waals surface area contributed by atoms with Gasteiger partial charge in [0.05, 0.1) is 13.2 Å². The average molecular weight is 880 g/mol. The molecule has 61 heavy (non-hydrogen) atoms. The molecule has 9 nitrogen and oxygen atoms in total. The normalized spacial score (nSPS) is 13.6. The number of aliphatic hydroxyl groups is 1. The molecule has 2 atom stereocenters. The first-order chi connectivity index (χ1) is 29.8. The van der Waals surface area contributed by atoms with Crippen molar-refractivity contribution < 1.29 is 37.9 Å². The predicted octanol–water partition coefficient (Wildman–Crippen LogP) is 14.7. The summed E-state index contributed by atoms with van der Waals surface area (Å²) in [5.41, 5.74) is 0. The number of amides is 1. The van der Waals surface area contributed by atoms with Gasteiger partial charge in [0.2, 0.25) is 5.91 Å². The number of nitrogens with one attached hydrogen (secondary N) is 1. The smallest absolute Gasteiger partial charge is 0.463 e.